The molecule has 0 amide bonds. The van der Waals surface area contributed by atoms with Gasteiger partial charge in [0.05, 0.1) is 13.2 Å². The fourth-order valence-corrected chi connectivity index (χ4v) is 4.22. The first kappa shape index (κ1) is 24.1. The molecule has 0 heterocycles. The fourth-order valence-electron chi connectivity index (χ4n) is 4.22. The van der Waals surface area contributed by atoms with Gasteiger partial charge in [-0.3, -0.25) is 0 Å². The van der Waals surface area contributed by atoms with Crippen molar-refractivity contribution in [2.24, 2.45) is 0 Å². The zero-order valence-corrected chi connectivity index (χ0v) is 20.1. The van der Waals surface area contributed by atoms with Gasteiger partial charge in [-0.25, -0.2) is 0 Å². The van der Waals surface area contributed by atoms with E-state index in [1.54, 1.807) is 0 Å². The Kier molecular flexibility index (Phi) is 8.52. The third-order valence-corrected chi connectivity index (χ3v) is 5.95. The third kappa shape index (κ3) is 6.08. The van der Waals surface area contributed by atoms with Crippen LogP contribution in [0.4, 0.5) is 22.7 Å². The summed E-state index contributed by atoms with van der Waals surface area (Å²) in [6.45, 7) is 10.7. The van der Waals surface area contributed by atoms with Gasteiger partial charge in [-0.1, -0.05) is 98.1 Å². The minimum Gasteiger partial charge on any atom is -0.378 e. The molecule has 176 valence electrons. The quantitative estimate of drug-likeness (QED) is 0.199. The molecule has 3 heteroatoms. The first-order valence-electron chi connectivity index (χ1n) is 12.0. The predicted molar refractivity (Wildman–Crippen MR) is 151 cm³/mol. The van der Waals surface area contributed by atoms with Gasteiger partial charge in [-0.2, -0.15) is 0 Å². The molecule has 0 N–H and O–H groups in total. The molecule has 0 aliphatic carbocycles. The Morgan fingerprint density at radius 2 is 0.886 bits per heavy atom. The molecule has 0 aliphatic rings. The van der Waals surface area contributed by atoms with Crippen LogP contribution in [0.5, 0.6) is 0 Å². The summed E-state index contributed by atoms with van der Waals surface area (Å²) in [6.07, 6.45) is 3.81. The Morgan fingerprint density at radius 3 is 1.29 bits per heavy atom. The summed E-state index contributed by atoms with van der Waals surface area (Å²) in [7, 11) is 0. The molecule has 0 aliphatic heterocycles. The number of hydrogen-bond acceptors (Lipinski definition) is 3. The van der Waals surface area contributed by atoms with Gasteiger partial charge < -0.3 is 14.5 Å². The van der Waals surface area contributed by atoms with Crippen molar-refractivity contribution in [1.82, 2.24) is 0 Å². The van der Waals surface area contributed by atoms with Crippen molar-refractivity contribution in [2.75, 3.05) is 36.1 Å². The molecule has 4 rings (SSSR count). The van der Waals surface area contributed by atoms with Crippen molar-refractivity contribution in [1.29, 1.82) is 0 Å². The van der Waals surface area contributed by atoms with Gasteiger partial charge in [0.25, 0.3) is 0 Å². The van der Waals surface area contributed by atoms with E-state index in [1.807, 2.05) is 36.4 Å². The molecule has 4 aromatic carbocycles. The minimum absolute atomic E-state index is 0.603. The SMILES string of the molecule is C=Cc1ccccc1N(CCOCCN(c1ccccc1)c1ccccc1C=C)c1ccccc1. The summed E-state index contributed by atoms with van der Waals surface area (Å²) in [5.74, 6) is 0. The first-order valence-corrected chi connectivity index (χ1v) is 12.0. The predicted octanol–water partition coefficient (Wildman–Crippen LogP) is 7.97. The van der Waals surface area contributed by atoms with E-state index in [0.717, 1.165) is 47.0 Å². The van der Waals surface area contributed by atoms with Crippen molar-refractivity contribution in [3.05, 3.63) is 133 Å². The largest absolute Gasteiger partial charge is 0.378 e. The number of hydrogen-bond donors (Lipinski definition) is 0. The standard InChI is InChI=1S/C32H32N2O/c1-3-27-15-11-13-21-31(27)33(29-17-7-5-8-18-29)23-25-35-26-24-34(30-19-9-6-10-20-30)32-22-14-12-16-28(32)4-2/h3-22H,1-2,23-26H2. The highest BCUT2D eigenvalue weighted by atomic mass is 16.5. The van der Waals surface area contributed by atoms with Gasteiger partial charge >= 0.3 is 0 Å². The van der Waals surface area contributed by atoms with Gasteiger partial charge in [0.2, 0.25) is 0 Å². The normalized spacial score (nSPS) is 10.5. The minimum atomic E-state index is 0.603. The second kappa shape index (κ2) is 12.4. The lowest BCUT2D eigenvalue weighted by molar-refractivity contribution is 0.149. The Hall–Kier alpha value is -4.08. The molecule has 0 aromatic heterocycles. The molecule has 35 heavy (non-hydrogen) atoms. The Labute approximate surface area is 209 Å². The van der Waals surface area contributed by atoms with Crippen molar-refractivity contribution in [3.8, 4) is 0 Å². The molecule has 0 spiro atoms. The Bertz CT molecular complexity index is 1120. The lowest BCUT2D eigenvalue weighted by Gasteiger charge is -2.28. The highest BCUT2D eigenvalue weighted by molar-refractivity contribution is 5.74. The van der Waals surface area contributed by atoms with Crippen molar-refractivity contribution in [3.63, 3.8) is 0 Å². The van der Waals surface area contributed by atoms with Crippen LogP contribution in [0.15, 0.2) is 122 Å². The van der Waals surface area contributed by atoms with Gasteiger partial charge in [0.15, 0.2) is 0 Å². The highest BCUT2D eigenvalue weighted by Crippen LogP contribution is 2.30. The van der Waals surface area contributed by atoms with E-state index in [2.05, 4.69) is 108 Å². The summed E-state index contributed by atoms with van der Waals surface area (Å²) >= 11 is 0. The summed E-state index contributed by atoms with van der Waals surface area (Å²) in [4.78, 5) is 4.58. The maximum absolute atomic E-state index is 6.19. The molecule has 0 saturated heterocycles. The molecule has 0 fully saturated rings. The van der Waals surface area contributed by atoms with Crippen molar-refractivity contribution < 1.29 is 4.74 Å². The molecule has 0 radical (unpaired) electrons. The van der Waals surface area contributed by atoms with Crippen molar-refractivity contribution in [2.45, 2.75) is 0 Å². The lowest BCUT2D eigenvalue weighted by atomic mass is 10.1. The van der Waals surface area contributed by atoms with E-state index < -0.39 is 0 Å². The van der Waals surface area contributed by atoms with Gasteiger partial charge in [-0.05, 0) is 47.5 Å². The molecule has 0 unspecified atom stereocenters. The average molecular weight is 461 g/mol. The number of rotatable bonds is 12. The molecular formula is C32H32N2O. The highest BCUT2D eigenvalue weighted by Gasteiger charge is 2.14. The molecule has 0 bridgehead atoms. The number of nitrogens with zero attached hydrogens (tertiary/aromatic N) is 2. The topological polar surface area (TPSA) is 15.7 Å². The van der Waals surface area contributed by atoms with E-state index in [9.17, 15) is 0 Å². The van der Waals surface area contributed by atoms with Crippen LogP contribution in [0.1, 0.15) is 11.1 Å². The second-order valence-corrected chi connectivity index (χ2v) is 8.11. The molecule has 3 nitrogen and oxygen atoms in total. The van der Waals surface area contributed by atoms with E-state index in [0.29, 0.717) is 13.2 Å². The molecule has 0 atom stereocenters. The second-order valence-electron chi connectivity index (χ2n) is 8.11. The van der Waals surface area contributed by atoms with Crippen LogP contribution in [0.25, 0.3) is 12.2 Å². The van der Waals surface area contributed by atoms with Crippen LogP contribution in [0.2, 0.25) is 0 Å². The summed E-state index contributed by atoms with van der Waals surface area (Å²) in [5.41, 5.74) is 6.74. The summed E-state index contributed by atoms with van der Waals surface area (Å²) in [6, 6.07) is 37.5. The molecule has 0 saturated carbocycles. The van der Waals surface area contributed by atoms with Gasteiger partial charge in [0, 0.05) is 35.8 Å². The summed E-state index contributed by atoms with van der Waals surface area (Å²) in [5, 5.41) is 0. The van der Waals surface area contributed by atoms with Crippen LogP contribution in [-0.2, 0) is 4.74 Å². The Morgan fingerprint density at radius 1 is 0.514 bits per heavy atom. The first-order chi connectivity index (χ1) is 17.3. The van der Waals surface area contributed by atoms with Crippen LogP contribution in [-0.4, -0.2) is 26.3 Å². The number of anilines is 4. The maximum Gasteiger partial charge on any atom is 0.0646 e. The van der Waals surface area contributed by atoms with Gasteiger partial charge in [-0.15, -0.1) is 0 Å². The van der Waals surface area contributed by atoms with Crippen LogP contribution < -0.4 is 9.80 Å². The fraction of sp³-hybridized carbons (Fsp3) is 0.125. The zero-order valence-electron chi connectivity index (χ0n) is 20.1. The lowest BCUT2D eigenvalue weighted by Crippen LogP contribution is -2.26. The smallest absolute Gasteiger partial charge is 0.0646 e. The van der Waals surface area contributed by atoms with Crippen LogP contribution in [0.3, 0.4) is 0 Å². The molecule has 4 aromatic rings. The number of para-hydroxylation sites is 4. The van der Waals surface area contributed by atoms with Crippen LogP contribution in [0, 0.1) is 0 Å². The Balaban J connectivity index is 1.45. The maximum atomic E-state index is 6.19. The molecular weight excluding hydrogens is 428 g/mol. The van der Waals surface area contributed by atoms with Gasteiger partial charge in [0.1, 0.15) is 0 Å². The van der Waals surface area contributed by atoms with E-state index in [1.165, 1.54) is 0 Å². The van der Waals surface area contributed by atoms with E-state index >= 15 is 0 Å². The number of ether oxygens (including phenoxy) is 1. The summed E-state index contributed by atoms with van der Waals surface area (Å²) < 4.78 is 6.19. The van der Waals surface area contributed by atoms with Crippen LogP contribution >= 0.6 is 0 Å². The third-order valence-electron chi connectivity index (χ3n) is 5.95. The average Bonchev–Trinajstić information content (AvgIpc) is 2.94. The number of benzene rings is 4. The zero-order chi connectivity index (χ0) is 24.3. The van der Waals surface area contributed by atoms with E-state index in [4.69, 9.17) is 4.74 Å². The monoisotopic (exact) mass is 460 g/mol. The van der Waals surface area contributed by atoms with Crippen molar-refractivity contribution >= 4 is 34.9 Å². The van der Waals surface area contributed by atoms with E-state index in [-0.39, 0.29) is 0 Å².